The van der Waals surface area contributed by atoms with Crippen LogP contribution in [0.15, 0.2) is 72.0 Å². The quantitative estimate of drug-likeness (QED) is 0.613. The van der Waals surface area contributed by atoms with Crippen LogP contribution >= 0.6 is 0 Å². The van der Waals surface area contributed by atoms with Crippen molar-refractivity contribution in [2.75, 3.05) is 0 Å². The molecule has 0 saturated heterocycles. The van der Waals surface area contributed by atoms with Crippen LogP contribution in [0.3, 0.4) is 0 Å². The summed E-state index contributed by atoms with van der Waals surface area (Å²) < 4.78 is 0. The Labute approximate surface area is 106 Å². The Morgan fingerprint density at radius 1 is 0.889 bits per heavy atom. The highest BCUT2D eigenvalue weighted by Gasteiger charge is 1.93. The summed E-state index contributed by atoms with van der Waals surface area (Å²) in [6.07, 6.45) is 5.38. The lowest BCUT2D eigenvalue weighted by atomic mass is 10.1. The second-order valence-corrected chi connectivity index (χ2v) is 4.08. The molecule has 0 amide bonds. The lowest BCUT2D eigenvalue weighted by Gasteiger charge is -1.98. The Balaban J connectivity index is 1.93. The third-order valence-electron chi connectivity index (χ3n) is 2.78. The average molecular weight is 232 g/mol. The predicted octanol–water partition coefficient (Wildman–Crippen LogP) is 3.99. The Bertz CT molecular complexity index is 688. The molecule has 0 aliphatic carbocycles. The van der Waals surface area contributed by atoms with Crippen LogP contribution in [0.25, 0.3) is 10.8 Å². The van der Waals surface area contributed by atoms with Crippen molar-refractivity contribution in [3.63, 3.8) is 0 Å². The molecule has 0 unspecified atom stereocenters. The number of hydrogen-bond acceptors (Lipinski definition) is 2. The zero-order chi connectivity index (χ0) is 12.2. The number of pyridine rings is 1. The molecule has 3 aromatic rings. The summed E-state index contributed by atoms with van der Waals surface area (Å²) in [4.78, 5) is 8.52. The third kappa shape index (κ3) is 2.28. The average Bonchev–Trinajstić information content (AvgIpc) is 2.46. The monoisotopic (exact) mass is 232 g/mol. The van der Waals surface area contributed by atoms with Crippen LogP contribution in [0.1, 0.15) is 5.56 Å². The molecule has 0 aliphatic rings. The summed E-state index contributed by atoms with van der Waals surface area (Å²) in [7, 11) is 0. The zero-order valence-electron chi connectivity index (χ0n) is 9.82. The van der Waals surface area contributed by atoms with Gasteiger partial charge in [0, 0.05) is 24.2 Å². The van der Waals surface area contributed by atoms with Gasteiger partial charge in [0.25, 0.3) is 0 Å². The van der Waals surface area contributed by atoms with Gasteiger partial charge in [-0.2, -0.15) is 0 Å². The van der Waals surface area contributed by atoms with E-state index in [9.17, 15) is 0 Å². The highest BCUT2D eigenvalue weighted by atomic mass is 14.7. The van der Waals surface area contributed by atoms with Crippen LogP contribution in [0.4, 0.5) is 5.69 Å². The Kier molecular flexibility index (Phi) is 2.84. The molecular weight excluding hydrogens is 220 g/mol. The number of rotatable bonds is 2. The molecule has 1 aromatic heterocycles. The molecule has 0 spiro atoms. The fraction of sp³-hybridized carbons (Fsp3) is 0. The van der Waals surface area contributed by atoms with Gasteiger partial charge in [-0.1, -0.05) is 36.4 Å². The smallest absolute Gasteiger partial charge is 0.0636 e. The molecule has 1 heterocycles. The fourth-order valence-electron chi connectivity index (χ4n) is 1.86. The number of fused-ring (bicyclic) bond motifs is 1. The molecule has 0 aliphatic heterocycles. The number of aromatic nitrogens is 1. The standard InChI is InChI=1S/C16H12N2/c1-2-6-15-10-16(8-7-14(15)5-1)18-12-13-4-3-9-17-11-13/h1-12H/b18-12+. The summed E-state index contributed by atoms with van der Waals surface area (Å²) in [6.45, 7) is 0. The minimum Gasteiger partial charge on any atom is -0.264 e. The van der Waals surface area contributed by atoms with Crippen LogP contribution < -0.4 is 0 Å². The summed E-state index contributed by atoms with van der Waals surface area (Å²) in [6, 6.07) is 18.4. The molecule has 86 valence electrons. The van der Waals surface area contributed by atoms with E-state index in [1.165, 1.54) is 10.8 Å². The Morgan fingerprint density at radius 3 is 2.61 bits per heavy atom. The molecule has 0 N–H and O–H groups in total. The maximum atomic E-state index is 4.46. The van der Waals surface area contributed by atoms with E-state index in [0.29, 0.717) is 0 Å². The van der Waals surface area contributed by atoms with Gasteiger partial charge in [-0.3, -0.25) is 9.98 Å². The Hall–Kier alpha value is -2.48. The van der Waals surface area contributed by atoms with Crippen LogP contribution in [-0.2, 0) is 0 Å². The van der Waals surface area contributed by atoms with Crippen molar-refractivity contribution in [2.45, 2.75) is 0 Å². The largest absolute Gasteiger partial charge is 0.264 e. The van der Waals surface area contributed by atoms with Crippen molar-refractivity contribution >= 4 is 22.7 Å². The van der Waals surface area contributed by atoms with Gasteiger partial charge >= 0.3 is 0 Å². The molecule has 2 nitrogen and oxygen atoms in total. The van der Waals surface area contributed by atoms with Gasteiger partial charge in [-0.25, -0.2) is 0 Å². The maximum absolute atomic E-state index is 4.46. The zero-order valence-corrected chi connectivity index (χ0v) is 9.82. The number of nitrogens with zero attached hydrogens (tertiary/aromatic N) is 2. The first-order valence-corrected chi connectivity index (χ1v) is 5.85. The molecule has 3 rings (SSSR count). The third-order valence-corrected chi connectivity index (χ3v) is 2.78. The lowest BCUT2D eigenvalue weighted by molar-refractivity contribution is 1.32. The van der Waals surface area contributed by atoms with Crippen molar-refractivity contribution in [1.29, 1.82) is 0 Å². The van der Waals surface area contributed by atoms with Gasteiger partial charge in [0.05, 0.1) is 5.69 Å². The molecule has 0 radical (unpaired) electrons. The van der Waals surface area contributed by atoms with Gasteiger partial charge in [-0.05, 0) is 29.0 Å². The second-order valence-electron chi connectivity index (χ2n) is 4.08. The van der Waals surface area contributed by atoms with E-state index in [-0.39, 0.29) is 0 Å². The number of aliphatic imine (C=N–C) groups is 1. The molecule has 18 heavy (non-hydrogen) atoms. The van der Waals surface area contributed by atoms with Gasteiger partial charge in [-0.15, -0.1) is 0 Å². The molecule has 0 fully saturated rings. The van der Waals surface area contributed by atoms with Crippen LogP contribution in [0.2, 0.25) is 0 Å². The first kappa shape index (κ1) is 10.7. The lowest BCUT2D eigenvalue weighted by Crippen LogP contribution is -1.80. The molecular formula is C16H12N2. The van der Waals surface area contributed by atoms with Crippen LogP contribution in [-0.4, -0.2) is 11.2 Å². The van der Waals surface area contributed by atoms with Gasteiger partial charge < -0.3 is 0 Å². The van der Waals surface area contributed by atoms with Crippen molar-refractivity contribution in [3.05, 3.63) is 72.6 Å². The predicted molar refractivity (Wildman–Crippen MR) is 75.4 cm³/mol. The number of hydrogen-bond donors (Lipinski definition) is 0. The normalized spacial score (nSPS) is 11.1. The van der Waals surface area contributed by atoms with E-state index in [1.54, 1.807) is 12.4 Å². The fourth-order valence-corrected chi connectivity index (χ4v) is 1.86. The SMILES string of the molecule is C(=N\c1ccc2ccccc2c1)/c1cccnc1. The highest BCUT2D eigenvalue weighted by Crippen LogP contribution is 2.20. The molecule has 0 bridgehead atoms. The second kappa shape index (κ2) is 4.80. The van der Waals surface area contributed by atoms with Gasteiger partial charge in [0.1, 0.15) is 0 Å². The first-order chi connectivity index (χ1) is 8.92. The minimum atomic E-state index is 0.956. The van der Waals surface area contributed by atoms with Gasteiger partial charge in [0.15, 0.2) is 0 Å². The Morgan fingerprint density at radius 2 is 1.78 bits per heavy atom. The highest BCUT2D eigenvalue weighted by molar-refractivity contribution is 5.87. The van der Waals surface area contributed by atoms with Crippen molar-refractivity contribution in [2.24, 2.45) is 4.99 Å². The number of benzene rings is 2. The van der Waals surface area contributed by atoms with E-state index < -0.39 is 0 Å². The minimum absolute atomic E-state index is 0.956. The van der Waals surface area contributed by atoms with Crippen molar-refractivity contribution in [1.82, 2.24) is 4.98 Å². The summed E-state index contributed by atoms with van der Waals surface area (Å²) in [5.41, 5.74) is 1.96. The van der Waals surface area contributed by atoms with Gasteiger partial charge in [0.2, 0.25) is 0 Å². The van der Waals surface area contributed by atoms with E-state index in [4.69, 9.17) is 0 Å². The molecule has 2 heteroatoms. The van der Waals surface area contributed by atoms with Crippen molar-refractivity contribution in [3.8, 4) is 0 Å². The van der Waals surface area contributed by atoms with E-state index in [1.807, 2.05) is 36.5 Å². The van der Waals surface area contributed by atoms with Crippen molar-refractivity contribution < 1.29 is 0 Å². The summed E-state index contributed by atoms with van der Waals surface area (Å²) in [5.74, 6) is 0. The van der Waals surface area contributed by atoms with E-state index >= 15 is 0 Å². The summed E-state index contributed by atoms with van der Waals surface area (Å²) >= 11 is 0. The topological polar surface area (TPSA) is 25.2 Å². The first-order valence-electron chi connectivity index (χ1n) is 5.85. The van der Waals surface area contributed by atoms with Crippen LogP contribution in [0.5, 0.6) is 0 Å². The molecule has 2 aromatic carbocycles. The van der Waals surface area contributed by atoms with E-state index in [0.717, 1.165) is 11.3 Å². The maximum Gasteiger partial charge on any atom is 0.0636 e. The molecule has 0 saturated carbocycles. The summed E-state index contributed by atoms with van der Waals surface area (Å²) in [5, 5.41) is 2.44. The molecule has 0 atom stereocenters. The van der Waals surface area contributed by atoms with E-state index in [2.05, 4.69) is 34.2 Å². The van der Waals surface area contributed by atoms with Crippen LogP contribution in [0, 0.1) is 0 Å².